The van der Waals surface area contributed by atoms with Gasteiger partial charge in [-0.2, -0.15) is 0 Å². The Morgan fingerprint density at radius 3 is 2.22 bits per heavy atom. The average molecular weight is 514 g/mol. The zero-order chi connectivity index (χ0) is 27.4. The summed E-state index contributed by atoms with van der Waals surface area (Å²) in [7, 11) is 0. The molecule has 0 aromatic carbocycles. The van der Waals surface area contributed by atoms with Crippen LogP contribution in [0.2, 0.25) is 0 Å². The second kappa shape index (κ2) is 14.9. The van der Waals surface area contributed by atoms with Gasteiger partial charge in [0, 0.05) is 19.5 Å². The van der Waals surface area contributed by atoms with E-state index in [0.717, 1.165) is 0 Å². The Morgan fingerprint density at radius 1 is 1.03 bits per heavy atom. The number of carboxylic acids is 2. The van der Waals surface area contributed by atoms with Crippen LogP contribution in [0.3, 0.4) is 0 Å². The highest BCUT2D eigenvalue weighted by molar-refractivity contribution is 5.94. The Morgan fingerprint density at radius 2 is 1.67 bits per heavy atom. The van der Waals surface area contributed by atoms with Crippen molar-refractivity contribution in [2.45, 2.75) is 83.0 Å². The Balaban J connectivity index is 3.01. The fourth-order valence-electron chi connectivity index (χ4n) is 3.91. The van der Waals surface area contributed by atoms with E-state index in [0.29, 0.717) is 19.3 Å². The van der Waals surface area contributed by atoms with Gasteiger partial charge in [0.1, 0.15) is 18.1 Å². The van der Waals surface area contributed by atoms with Gasteiger partial charge in [-0.1, -0.05) is 13.8 Å². The molecule has 204 valence electrons. The smallest absolute Gasteiger partial charge is 0.326 e. The van der Waals surface area contributed by atoms with Gasteiger partial charge in [-0.05, 0) is 44.4 Å². The van der Waals surface area contributed by atoms with Gasteiger partial charge in [-0.3, -0.25) is 24.2 Å². The van der Waals surface area contributed by atoms with Crippen LogP contribution in [0.1, 0.15) is 58.8 Å². The van der Waals surface area contributed by atoms with Crippen LogP contribution in [0, 0.1) is 5.92 Å². The van der Waals surface area contributed by atoms with Crippen molar-refractivity contribution in [2.24, 2.45) is 28.1 Å². The molecule has 0 bridgehead atoms. The highest BCUT2D eigenvalue weighted by atomic mass is 16.4. The van der Waals surface area contributed by atoms with Crippen LogP contribution in [0.5, 0.6) is 0 Å². The summed E-state index contributed by atoms with van der Waals surface area (Å²) in [4.78, 5) is 66.4. The third-order valence-electron chi connectivity index (χ3n) is 5.73. The van der Waals surface area contributed by atoms with Crippen molar-refractivity contribution in [1.29, 1.82) is 0 Å². The zero-order valence-corrected chi connectivity index (χ0v) is 20.8. The van der Waals surface area contributed by atoms with E-state index in [1.165, 1.54) is 4.90 Å². The molecule has 1 rings (SSSR count). The van der Waals surface area contributed by atoms with E-state index in [2.05, 4.69) is 15.6 Å². The first-order chi connectivity index (χ1) is 16.8. The molecule has 0 aromatic rings. The summed E-state index contributed by atoms with van der Waals surface area (Å²) in [5.41, 5.74) is 16.4. The standard InChI is InChI=1S/C22H39N7O7/c1-12(2)11-15(20(34)29-10-4-6-16(29)21(35)36)28-19(33)14(5-3-9-26-22(24)25)27-18(32)13(23)7-8-17(30)31/h12-16H,3-11,23H2,1-2H3,(H,27,32)(H,28,33)(H,30,31)(H,35,36)(H4,24,25,26). The van der Waals surface area contributed by atoms with Gasteiger partial charge >= 0.3 is 11.9 Å². The Labute approximate surface area is 210 Å². The molecule has 0 spiro atoms. The van der Waals surface area contributed by atoms with E-state index in [1.54, 1.807) is 0 Å². The molecule has 14 heteroatoms. The lowest BCUT2D eigenvalue weighted by atomic mass is 10.0. The van der Waals surface area contributed by atoms with Gasteiger partial charge < -0.3 is 42.9 Å². The minimum Gasteiger partial charge on any atom is -0.481 e. The van der Waals surface area contributed by atoms with Gasteiger partial charge in [-0.25, -0.2) is 4.79 Å². The molecule has 10 N–H and O–H groups in total. The quantitative estimate of drug-likeness (QED) is 0.0744. The molecule has 36 heavy (non-hydrogen) atoms. The summed E-state index contributed by atoms with van der Waals surface area (Å²) in [6, 6.07) is -4.19. The summed E-state index contributed by atoms with van der Waals surface area (Å²) < 4.78 is 0. The van der Waals surface area contributed by atoms with Crippen LogP contribution in [-0.2, 0) is 24.0 Å². The molecule has 14 nitrogen and oxygen atoms in total. The molecule has 1 aliphatic rings. The summed E-state index contributed by atoms with van der Waals surface area (Å²) in [6.07, 6.45) is 1.13. The van der Waals surface area contributed by atoms with Gasteiger partial charge in [0.2, 0.25) is 17.7 Å². The Bertz CT molecular complexity index is 830. The van der Waals surface area contributed by atoms with Gasteiger partial charge in [0.05, 0.1) is 6.04 Å². The van der Waals surface area contributed by atoms with Crippen LogP contribution < -0.4 is 27.8 Å². The van der Waals surface area contributed by atoms with E-state index < -0.39 is 53.8 Å². The molecule has 0 radical (unpaired) electrons. The lowest BCUT2D eigenvalue weighted by molar-refractivity contribution is -0.149. The van der Waals surface area contributed by atoms with Crippen molar-refractivity contribution >= 4 is 35.6 Å². The molecule has 4 unspecified atom stereocenters. The normalized spacial score (nSPS) is 17.7. The third kappa shape index (κ3) is 10.5. The number of hydrogen-bond donors (Lipinski definition) is 7. The number of likely N-dealkylation sites (tertiary alicyclic amines) is 1. The van der Waals surface area contributed by atoms with E-state index in [4.69, 9.17) is 22.3 Å². The highest BCUT2D eigenvalue weighted by Crippen LogP contribution is 2.20. The minimum atomic E-state index is -1.15. The SMILES string of the molecule is CC(C)CC(NC(=O)C(CCCN=C(N)N)NC(=O)C(N)CCC(=O)O)C(=O)N1CCCC1C(=O)O. The van der Waals surface area contributed by atoms with Crippen molar-refractivity contribution in [2.75, 3.05) is 13.1 Å². The number of rotatable bonds is 15. The van der Waals surface area contributed by atoms with E-state index in [1.807, 2.05) is 13.8 Å². The first kappa shape index (κ1) is 30.6. The molecule has 3 amide bonds. The molecule has 1 fully saturated rings. The number of nitrogens with one attached hydrogen (secondary N) is 2. The summed E-state index contributed by atoms with van der Waals surface area (Å²) in [6.45, 7) is 4.19. The van der Waals surface area contributed by atoms with Gasteiger partial charge in [-0.15, -0.1) is 0 Å². The molecule has 1 aliphatic heterocycles. The number of aliphatic imine (C=N–C) groups is 1. The molecule has 1 saturated heterocycles. The van der Waals surface area contributed by atoms with Crippen LogP contribution in [-0.4, -0.2) is 88.0 Å². The monoisotopic (exact) mass is 513 g/mol. The number of guanidine groups is 1. The lowest BCUT2D eigenvalue weighted by Crippen LogP contribution is -2.57. The molecule has 1 heterocycles. The number of aliphatic carboxylic acids is 2. The predicted octanol–water partition coefficient (Wildman–Crippen LogP) is -1.68. The molecule has 4 atom stereocenters. The number of hydrogen-bond acceptors (Lipinski definition) is 7. The molecule has 0 aliphatic carbocycles. The Hall–Kier alpha value is -3.42. The second-order valence-electron chi connectivity index (χ2n) is 9.27. The lowest BCUT2D eigenvalue weighted by Gasteiger charge is -2.29. The molecule has 0 saturated carbocycles. The summed E-state index contributed by atoms with van der Waals surface area (Å²) in [5, 5.41) is 23.5. The zero-order valence-electron chi connectivity index (χ0n) is 20.8. The summed E-state index contributed by atoms with van der Waals surface area (Å²) in [5.74, 6) is -4.19. The Kier molecular flexibility index (Phi) is 12.6. The largest absolute Gasteiger partial charge is 0.481 e. The van der Waals surface area contributed by atoms with E-state index >= 15 is 0 Å². The van der Waals surface area contributed by atoms with Crippen molar-refractivity contribution in [1.82, 2.24) is 15.5 Å². The van der Waals surface area contributed by atoms with Crippen LogP contribution in [0.15, 0.2) is 4.99 Å². The van der Waals surface area contributed by atoms with E-state index in [-0.39, 0.29) is 50.7 Å². The summed E-state index contributed by atoms with van der Waals surface area (Å²) >= 11 is 0. The highest BCUT2D eigenvalue weighted by Gasteiger charge is 2.38. The first-order valence-electron chi connectivity index (χ1n) is 12.0. The van der Waals surface area contributed by atoms with E-state index in [9.17, 15) is 29.1 Å². The van der Waals surface area contributed by atoms with Crippen molar-refractivity contribution in [3.63, 3.8) is 0 Å². The first-order valence-corrected chi connectivity index (χ1v) is 12.0. The number of nitrogens with zero attached hydrogens (tertiary/aromatic N) is 2. The topological polar surface area (TPSA) is 244 Å². The predicted molar refractivity (Wildman–Crippen MR) is 130 cm³/mol. The maximum atomic E-state index is 13.2. The molecular formula is C22H39N7O7. The molecular weight excluding hydrogens is 474 g/mol. The van der Waals surface area contributed by atoms with Crippen molar-refractivity contribution in [3.05, 3.63) is 0 Å². The molecule has 0 aromatic heterocycles. The maximum Gasteiger partial charge on any atom is 0.326 e. The van der Waals surface area contributed by atoms with Gasteiger partial charge in [0.25, 0.3) is 0 Å². The average Bonchev–Trinajstić information content (AvgIpc) is 3.28. The minimum absolute atomic E-state index is 0.00415. The van der Waals surface area contributed by atoms with Crippen LogP contribution >= 0.6 is 0 Å². The van der Waals surface area contributed by atoms with Gasteiger partial charge in [0.15, 0.2) is 5.96 Å². The van der Waals surface area contributed by atoms with Crippen LogP contribution in [0.4, 0.5) is 0 Å². The fourth-order valence-corrected chi connectivity index (χ4v) is 3.91. The number of carbonyl (C=O) groups is 5. The fraction of sp³-hybridized carbons (Fsp3) is 0.727. The second-order valence-corrected chi connectivity index (χ2v) is 9.27. The number of nitrogens with two attached hydrogens (primary N) is 3. The van der Waals surface area contributed by atoms with Crippen LogP contribution in [0.25, 0.3) is 0 Å². The van der Waals surface area contributed by atoms with Crippen molar-refractivity contribution < 1.29 is 34.2 Å². The number of amides is 3. The number of carbonyl (C=O) groups excluding carboxylic acids is 3. The third-order valence-corrected chi connectivity index (χ3v) is 5.73. The number of carboxylic acid groups (broad SMARTS) is 2. The van der Waals surface area contributed by atoms with Crippen molar-refractivity contribution in [3.8, 4) is 0 Å². The maximum absolute atomic E-state index is 13.2.